The Morgan fingerprint density at radius 1 is 0.875 bits per heavy atom. The molecule has 0 saturated carbocycles. The minimum absolute atomic E-state index is 0.0513. The number of aromatic amines is 1. The molecule has 218 valence electrons. The summed E-state index contributed by atoms with van der Waals surface area (Å²) in [7, 11) is 0. The Morgan fingerprint density at radius 2 is 1.50 bits per heavy atom. The molecule has 0 saturated heterocycles. The highest BCUT2D eigenvalue weighted by atomic mass is 16.4. The average molecular weight is 559 g/mol. The van der Waals surface area contributed by atoms with Crippen molar-refractivity contribution < 1.29 is 29.1 Å². The molecule has 0 spiro atoms. The van der Waals surface area contributed by atoms with Crippen molar-refractivity contribution in [1.29, 1.82) is 0 Å². The summed E-state index contributed by atoms with van der Waals surface area (Å²) >= 11 is 0. The predicted octanol–water partition coefficient (Wildman–Crippen LogP) is -1.54. The maximum absolute atomic E-state index is 13.5. The standard InChI is InChI=1S/C26H38N8O6/c27-11-5-4-8-18(28)23(36)33-20(12-16-6-2-1-3-7-16)24(37)34-21(13-17-14-30-15-31-17)25(38)32-19(26(39)40)9-10-22(29)35/h1-3,6-7,14-15,18-21H,4-5,8-13,27-28H2,(H2,29,35)(H,30,31)(H,32,38)(H,33,36)(H,34,37)(H,39,40). The number of aliphatic carboxylic acids is 1. The number of benzene rings is 1. The van der Waals surface area contributed by atoms with Gasteiger partial charge < -0.3 is 43.2 Å². The lowest BCUT2D eigenvalue weighted by Gasteiger charge is -2.25. The Labute approximate surface area is 231 Å². The first-order chi connectivity index (χ1) is 19.1. The Hall–Kier alpha value is -4.30. The van der Waals surface area contributed by atoms with E-state index < -0.39 is 53.8 Å². The van der Waals surface area contributed by atoms with Crippen LogP contribution in [-0.4, -0.2) is 75.4 Å². The van der Waals surface area contributed by atoms with Gasteiger partial charge in [-0.25, -0.2) is 9.78 Å². The Balaban J connectivity index is 2.23. The van der Waals surface area contributed by atoms with Gasteiger partial charge in [0.15, 0.2) is 0 Å². The van der Waals surface area contributed by atoms with E-state index in [1.54, 1.807) is 24.3 Å². The van der Waals surface area contributed by atoms with Crippen molar-refractivity contribution in [1.82, 2.24) is 25.9 Å². The Kier molecular flexibility index (Phi) is 13.3. The van der Waals surface area contributed by atoms with Crippen LogP contribution in [0.5, 0.6) is 0 Å². The molecule has 1 heterocycles. The largest absolute Gasteiger partial charge is 0.480 e. The fourth-order valence-corrected chi connectivity index (χ4v) is 3.89. The summed E-state index contributed by atoms with van der Waals surface area (Å²) in [4.78, 5) is 69.0. The molecule has 14 nitrogen and oxygen atoms in total. The van der Waals surface area contributed by atoms with Gasteiger partial charge in [0.1, 0.15) is 18.1 Å². The molecule has 1 aromatic heterocycles. The number of carbonyl (C=O) groups excluding carboxylic acids is 4. The van der Waals surface area contributed by atoms with Crippen LogP contribution in [0, 0.1) is 0 Å². The van der Waals surface area contributed by atoms with Crippen molar-refractivity contribution in [2.75, 3.05) is 6.54 Å². The number of nitrogens with two attached hydrogens (primary N) is 3. The highest BCUT2D eigenvalue weighted by Gasteiger charge is 2.31. The number of aromatic nitrogens is 2. The molecule has 14 heteroatoms. The number of carboxylic acids is 1. The molecule has 0 aliphatic rings. The number of amides is 4. The number of carboxylic acid groups (broad SMARTS) is 1. The molecule has 0 aliphatic carbocycles. The molecule has 2 aromatic rings. The second-order valence-electron chi connectivity index (χ2n) is 9.39. The summed E-state index contributed by atoms with van der Waals surface area (Å²) in [6, 6.07) is 4.38. The van der Waals surface area contributed by atoms with Crippen LogP contribution in [0.15, 0.2) is 42.9 Å². The van der Waals surface area contributed by atoms with Crippen LogP contribution in [0.1, 0.15) is 43.4 Å². The van der Waals surface area contributed by atoms with Crippen LogP contribution in [0.4, 0.5) is 0 Å². The topological polar surface area (TPSA) is 248 Å². The first-order valence-corrected chi connectivity index (χ1v) is 13.0. The zero-order valence-corrected chi connectivity index (χ0v) is 22.2. The van der Waals surface area contributed by atoms with E-state index in [0.717, 1.165) is 5.56 Å². The van der Waals surface area contributed by atoms with E-state index in [0.29, 0.717) is 31.5 Å². The normalized spacial score (nSPS) is 13.8. The van der Waals surface area contributed by atoms with E-state index in [1.807, 2.05) is 6.07 Å². The SMILES string of the molecule is NCCCCC(N)C(=O)NC(Cc1ccccc1)C(=O)NC(Cc1cnc[nH]1)C(=O)NC(CCC(N)=O)C(=O)O. The lowest BCUT2D eigenvalue weighted by Crippen LogP contribution is -2.58. The first-order valence-electron chi connectivity index (χ1n) is 13.0. The molecule has 0 fully saturated rings. The number of hydrogen-bond donors (Lipinski definition) is 8. The van der Waals surface area contributed by atoms with Gasteiger partial charge in [0, 0.05) is 31.2 Å². The molecule has 4 atom stereocenters. The van der Waals surface area contributed by atoms with Gasteiger partial charge >= 0.3 is 5.97 Å². The van der Waals surface area contributed by atoms with Gasteiger partial charge in [-0.3, -0.25) is 19.2 Å². The fourth-order valence-electron chi connectivity index (χ4n) is 3.89. The van der Waals surface area contributed by atoms with Crippen molar-refractivity contribution in [2.24, 2.45) is 17.2 Å². The molecule has 0 aliphatic heterocycles. The van der Waals surface area contributed by atoms with E-state index in [1.165, 1.54) is 12.5 Å². The summed E-state index contributed by atoms with van der Waals surface area (Å²) in [5, 5.41) is 17.2. The van der Waals surface area contributed by atoms with Crippen LogP contribution in [0.3, 0.4) is 0 Å². The lowest BCUT2D eigenvalue weighted by atomic mass is 10.0. The smallest absolute Gasteiger partial charge is 0.326 e. The summed E-state index contributed by atoms with van der Waals surface area (Å²) < 4.78 is 0. The Bertz CT molecular complexity index is 1110. The van der Waals surface area contributed by atoms with Crippen molar-refractivity contribution in [3.63, 3.8) is 0 Å². The van der Waals surface area contributed by atoms with E-state index in [-0.39, 0.29) is 25.7 Å². The van der Waals surface area contributed by atoms with Crippen molar-refractivity contribution >= 4 is 29.6 Å². The van der Waals surface area contributed by atoms with Crippen molar-refractivity contribution in [3.05, 3.63) is 54.1 Å². The minimum atomic E-state index is -1.41. The highest BCUT2D eigenvalue weighted by molar-refractivity contribution is 5.94. The zero-order valence-electron chi connectivity index (χ0n) is 22.2. The van der Waals surface area contributed by atoms with Crippen molar-refractivity contribution in [3.8, 4) is 0 Å². The number of carbonyl (C=O) groups is 5. The van der Waals surface area contributed by atoms with Crippen LogP contribution in [0.25, 0.3) is 0 Å². The number of hydrogen-bond acceptors (Lipinski definition) is 8. The lowest BCUT2D eigenvalue weighted by molar-refractivity contribution is -0.142. The third kappa shape index (κ3) is 11.2. The highest BCUT2D eigenvalue weighted by Crippen LogP contribution is 2.08. The van der Waals surface area contributed by atoms with E-state index >= 15 is 0 Å². The number of primary amides is 1. The first kappa shape index (κ1) is 31.9. The number of unbranched alkanes of at least 4 members (excludes halogenated alkanes) is 1. The summed E-state index contributed by atoms with van der Waals surface area (Å²) in [5.74, 6) is -4.08. The summed E-state index contributed by atoms with van der Waals surface area (Å²) in [6.07, 6.45) is 4.16. The van der Waals surface area contributed by atoms with Gasteiger partial charge in [-0.15, -0.1) is 0 Å². The third-order valence-corrected chi connectivity index (χ3v) is 6.13. The Morgan fingerprint density at radius 3 is 2.08 bits per heavy atom. The minimum Gasteiger partial charge on any atom is -0.480 e. The van der Waals surface area contributed by atoms with Gasteiger partial charge in [-0.05, 0) is 31.4 Å². The molecular formula is C26H38N8O6. The number of rotatable bonds is 18. The van der Waals surface area contributed by atoms with Gasteiger partial charge in [0.05, 0.1) is 12.4 Å². The molecule has 0 bridgehead atoms. The van der Waals surface area contributed by atoms with Crippen LogP contribution >= 0.6 is 0 Å². The molecule has 4 amide bonds. The quantitative estimate of drug-likeness (QED) is 0.0985. The number of nitrogens with zero attached hydrogens (tertiary/aromatic N) is 1. The van der Waals surface area contributed by atoms with E-state index in [2.05, 4.69) is 25.9 Å². The summed E-state index contributed by atoms with van der Waals surface area (Å²) in [5.41, 5.74) is 17.9. The maximum Gasteiger partial charge on any atom is 0.326 e. The van der Waals surface area contributed by atoms with Gasteiger partial charge in [-0.1, -0.05) is 36.8 Å². The average Bonchev–Trinajstić information content (AvgIpc) is 3.43. The van der Waals surface area contributed by atoms with E-state index in [4.69, 9.17) is 17.2 Å². The number of H-pyrrole nitrogens is 1. The molecule has 40 heavy (non-hydrogen) atoms. The molecule has 0 radical (unpaired) electrons. The van der Waals surface area contributed by atoms with Gasteiger partial charge in [-0.2, -0.15) is 0 Å². The predicted molar refractivity (Wildman–Crippen MR) is 145 cm³/mol. The maximum atomic E-state index is 13.5. The van der Waals surface area contributed by atoms with Crippen molar-refractivity contribution in [2.45, 2.75) is 69.1 Å². The molecule has 2 rings (SSSR count). The zero-order chi connectivity index (χ0) is 29.5. The molecule has 4 unspecified atom stereocenters. The third-order valence-electron chi connectivity index (χ3n) is 6.13. The molecular weight excluding hydrogens is 520 g/mol. The number of nitrogens with one attached hydrogen (secondary N) is 4. The fraction of sp³-hybridized carbons (Fsp3) is 0.462. The van der Waals surface area contributed by atoms with Gasteiger partial charge in [0.25, 0.3) is 0 Å². The van der Waals surface area contributed by atoms with E-state index in [9.17, 15) is 29.1 Å². The van der Waals surface area contributed by atoms with Crippen LogP contribution in [0.2, 0.25) is 0 Å². The second-order valence-corrected chi connectivity index (χ2v) is 9.39. The molecule has 1 aromatic carbocycles. The van der Waals surface area contributed by atoms with Gasteiger partial charge in [0.2, 0.25) is 23.6 Å². The van der Waals surface area contributed by atoms with Crippen LogP contribution in [-0.2, 0) is 36.8 Å². The second kappa shape index (κ2) is 16.6. The van der Waals surface area contributed by atoms with Crippen LogP contribution < -0.4 is 33.2 Å². The summed E-state index contributed by atoms with van der Waals surface area (Å²) in [6.45, 7) is 0.471. The molecule has 11 N–H and O–H groups in total. The number of imidazole rings is 1. The monoisotopic (exact) mass is 558 g/mol.